The quantitative estimate of drug-likeness (QED) is 0.557. The topological polar surface area (TPSA) is 0 Å². The van der Waals surface area contributed by atoms with Crippen LogP contribution in [0.4, 0.5) is 0 Å². The number of hydrogen-bond donors (Lipinski definition) is 0. The fraction of sp³-hybridized carbons (Fsp3) is 1.00. The summed E-state index contributed by atoms with van der Waals surface area (Å²) in [5.41, 5.74) is 2.21. The standard InChI is InChI=1S/C15H24/c1-9-7-10-12-13(2,3)11-8-15(9,12)6-5-14(10,11)4/h9-12H,5-8H2,1-4H3. The average molecular weight is 204 g/mol. The Balaban J connectivity index is 1.99. The summed E-state index contributed by atoms with van der Waals surface area (Å²) in [7, 11) is 0. The van der Waals surface area contributed by atoms with Crippen LogP contribution in [0.25, 0.3) is 0 Å². The molecule has 0 heterocycles. The average Bonchev–Trinajstić information content (AvgIpc) is 2.56. The van der Waals surface area contributed by atoms with Crippen molar-refractivity contribution in [2.24, 2.45) is 39.9 Å². The summed E-state index contributed by atoms with van der Waals surface area (Å²) in [5.74, 6) is 4.26. The zero-order valence-electron chi connectivity index (χ0n) is 10.6. The monoisotopic (exact) mass is 204 g/mol. The van der Waals surface area contributed by atoms with Gasteiger partial charge in [-0.15, -0.1) is 0 Å². The fourth-order valence-corrected chi connectivity index (χ4v) is 7.26. The molecular formula is C15H24. The molecule has 0 nitrogen and oxygen atoms in total. The lowest BCUT2D eigenvalue weighted by atomic mass is 9.53. The predicted molar refractivity (Wildman–Crippen MR) is 62.4 cm³/mol. The van der Waals surface area contributed by atoms with Crippen molar-refractivity contribution in [2.45, 2.75) is 53.4 Å². The minimum atomic E-state index is 0.667. The number of fused-ring (bicyclic) bond motifs is 1. The minimum absolute atomic E-state index is 0.667. The van der Waals surface area contributed by atoms with Crippen molar-refractivity contribution in [1.29, 1.82) is 0 Å². The first kappa shape index (κ1) is 9.07. The maximum atomic E-state index is 2.63. The van der Waals surface area contributed by atoms with Crippen molar-refractivity contribution in [2.75, 3.05) is 0 Å². The Morgan fingerprint density at radius 2 is 1.80 bits per heavy atom. The Labute approximate surface area is 93.8 Å². The SMILES string of the molecule is CC1CC2C3C(C)(C)C4CC13CCC24C. The molecule has 0 heteroatoms. The summed E-state index contributed by atoms with van der Waals surface area (Å²) in [6.07, 6.45) is 6.25. The summed E-state index contributed by atoms with van der Waals surface area (Å²) in [5, 5.41) is 0. The maximum absolute atomic E-state index is 2.63. The normalized spacial score (nSPS) is 68.0. The Hall–Kier alpha value is 0. The molecule has 0 radical (unpaired) electrons. The molecule has 5 aliphatic carbocycles. The number of rotatable bonds is 0. The van der Waals surface area contributed by atoms with Crippen LogP contribution >= 0.6 is 0 Å². The van der Waals surface area contributed by atoms with Crippen LogP contribution in [-0.4, -0.2) is 0 Å². The molecule has 6 atom stereocenters. The van der Waals surface area contributed by atoms with Crippen molar-refractivity contribution in [1.82, 2.24) is 0 Å². The molecule has 1 spiro atoms. The lowest BCUT2D eigenvalue weighted by Crippen LogP contribution is -2.44. The molecule has 5 bridgehead atoms. The third-order valence-corrected chi connectivity index (χ3v) is 7.67. The second-order valence-corrected chi connectivity index (χ2v) is 8.04. The van der Waals surface area contributed by atoms with E-state index >= 15 is 0 Å². The Morgan fingerprint density at radius 3 is 2.47 bits per heavy atom. The second-order valence-electron chi connectivity index (χ2n) is 8.04. The van der Waals surface area contributed by atoms with Crippen molar-refractivity contribution in [3.8, 4) is 0 Å². The van der Waals surface area contributed by atoms with Gasteiger partial charge < -0.3 is 0 Å². The van der Waals surface area contributed by atoms with Crippen LogP contribution in [0.3, 0.4) is 0 Å². The van der Waals surface area contributed by atoms with E-state index in [0.717, 1.165) is 34.5 Å². The number of hydrogen-bond acceptors (Lipinski definition) is 0. The molecule has 0 amide bonds. The van der Waals surface area contributed by atoms with Crippen LogP contribution in [0.15, 0.2) is 0 Å². The second kappa shape index (κ2) is 2.05. The summed E-state index contributed by atoms with van der Waals surface area (Å²) >= 11 is 0. The summed E-state index contributed by atoms with van der Waals surface area (Å²) in [4.78, 5) is 0. The van der Waals surface area contributed by atoms with Crippen LogP contribution in [0.5, 0.6) is 0 Å². The maximum Gasteiger partial charge on any atom is -0.0232 e. The van der Waals surface area contributed by atoms with Crippen LogP contribution in [-0.2, 0) is 0 Å². The van der Waals surface area contributed by atoms with Gasteiger partial charge in [0, 0.05) is 0 Å². The van der Waals surface area contributed by atoms with Gasteiger partial charge in [0.05, 0.1) is 0 Å². The van der Waals surface area contributed by atoms with Crippen LogP contribution < -0.4 is 0 Å². The van der Waals surface area contributed by atoms with E-state index in [1.165, 1.54) is 0 Å². The molecule has 15 heavy (non-hydrogen) atoms. The first-order valence-corrected chi connectivity index (χ1v) is 6.93. The largest absolute Gasteiger partial charge is 0.0620 e. The van der Waals surface area contributed by atoms with Gasteiger partial charge >= 0.3 is 0 Å². The minimum Gasteiger partial charge on any atom is -0.0620 e. The van der Waals surface area contributed by atoms with Crippen molar-refractivity contribution in [3.63, 3.8) is 0 Å². The summed E-state index contributed by atoms with van der Waals surface area (Å²) < 4.78 is 0. The van der Waals surface area contributed by atoms with Crippen LogP contribution in [0.1, 0.15) is 53.4 Å². The molecule has 5 aliphatic rings. The van der Waals surface area contributed by atoms with Crippen molar-refractivity contribution < 1.29 is 0 Å². The molecule has 0 aliphatic heterocycles. The van der Waals surface area contributed by atoms with Gasteiger partial charge in [0.1, 0.15) is 0 Å². The van der Waals surface area contributed by atoms with Crippen LogP contribution in [0.2, 0.25) is 0 Å². The highest BCUT2D eigenvalue weighted by molar-refractivity contribution is 5.27. The Bertz CT molecular complexity index is 342. The molecule has 5 rings (SSSR count). The van der Waals surface area contributed by atoms with E-state index in [1.807, 2.05) is 0 Å². The molecule has 5 fully saturated rings. The van der Waals surface area contributed by atoms with E-state index in [2.05, 4.69) is 27.7 Å². The molecule has 0 aromatic heterocycles. The molecule has 0 aromatic carbocycles. The molecule has 5 saturated carbocycles. The van der Waals surface area contributed by atoms with Gasteiger partial charge in [-0.3, -0.25) is 0 Å². The van der Waals surface area contributed by atoms with Gasteiger partial charge in [0.2, 0.25) is 0 Å². The summed E-state index contributed by atoms with van der Waals surface area (Å²) in [6, 6.07) is 0. The Morgan fingerprint density at radius 1 is 1.07 bits per heavy atom. The highest BCUT2D eigenvalue weighted by Crippen LogP contribution is 2.86. The summed E-state index contributed by atoms with van der Waals surface area (Å²) in [6.45, 7) is 10.4. The lowest BCUT2D eigenvalue weighted by Gasteiger charge is -2.51. The van der Waals surface area contributed by atoms with E-state index in [9.17, 15) is 0 Å². The van der Waals surface area contributed by atoms with Gasteiger partial charge in [-0.25, -0.2) is 0 Å². The first-order chi connectivity index (χ1) is 6.93. The lowest BCUT2D eigenvalue weighted by molar-refractivity contribution is -0.0260. The highest BCUT2D eigenvalue weighted by Gasteiger charge is 2.79. The molecule has 84 valence electrons. The van der Waals surface area contributed by atoms with Crippen molar-refractivity contribution >= 4 is 0 Å². The molecule has 6 unspecified atom stereocenters. The van der Waals surface area contributed by atoms with Crippen LogP contribution in [0, 0.1) is 39.9 Å². The predicted octanol–water partition coefficient (Wildman–Crippen LogP) is 4.10. The van der Waals surface area contributed by atoms with E-state index < -0.39 is 0 Å². The third-order valence-electron chi connectivity index (χ3n) is 7.67. The molecule has 0 N–H and O–H groups in total. The van der Waals surface area contributed by atoms with Gasteiger partial charge in [0.15, 0.2) is 0 Å². The Kier molecular flexibility index (Phi) is 1.24. The molecule has 0 aromatic rings. The molecular weight excluding hydrogens is 180 g/mol. The van der Waals surface area contributed by atoms with E-state index in [4.69, 9.17) is 0 Å². The van der Waals surface area contributed by atoms with Gasteiger partial charge in [-0.1, -0.05) is 27.7 Å². The molecule has 0 saturated heterocycles. The van der Waals surface area contributed by atoms with Gasteiger partial charge in [-0.05, 0) is 65.6 Å². The van der Waals surface area contributed by atoms with E-state index in [-0.39, 0.29) is 0 Å². The van der Waals surface area contributed by atoms with E-state index in [1.54, 1.807) is 25.7 Å². The van der Waals surface area contributed by atoms with Crippen molar-refractivity contribution in [3.05, 3.63) is 0 Å². The van der Waals surface area contributed by atoms with Gasteiger partial charge in [-0.2, -0.15) is 0 Å². The van der Waals surface area contributed by atoms with E-state index in [0.29, 0.717) is 5.41 Å². The third kappa shape index (κ3) is 0.643. The highest BCUT2D eigenvalue weighted by atomic mass is 14.8. The fourth-order valence-electron chi connectivity index (χ4n) is 7.26. The van der Waals surface area contributed by atoms with Gasteiger partial charge in [0.25, 0.3) is 0 Å². The smallest absolute Gasteiger partial charge is 0.0232 e. The zero-order chi connectivity index (χ0) is 10.6. The zero-order valence-corrected chi connectivity index (χ0v) is 10.6. The first-order valence-electron chi connectivity index (χ1n) is 6.93.